The summed E-state index contributed by atoms with van der Waals surface area (Å²) in [5.41, 5.74) is 0. The van der Waals surface area contributed by atoms with Crippen LogP contribution in [0.3, 0.4) is 0 Å². The van der Waals surface area contributed by atoms with Crippen LogP contribution in [0.15, 0.2) is 0 Å². The Morgan fingerprint density at radius 3 is 2.35 bits per heavy atom. The first-order valence-electron chi connectivity index (χ1n) is 7.35. The van der Waals surface area contributed by atoms with Crippen molar-refractivity contribution in [1.82, 2.24) is 15.1 Å². The SMILES string of the molecule is CCN(C(=O)NCC(C)N(C)C1CC1)C(C)CC(=O)O. The molecule has 116 valence electrons. The van der Waals surface area contributed by atoms with E-state index in [1.807, 2.05) is 6.92 Å². The molecule has 0 spiro atoms. The third kappa shape index (κ3) is 5.00. The lowest BCUT2D eigenvalue weighted by molar-refractivity contribution is -0.138. The lowest BCUT2D eigenvalue weighted by Crippen LogP contribution is -2.49. The van der Waals surface area contributed by atoms with Gasteiger partial charge in [0.05, 0.1) is 6.42 Å². The second kappa shape index (κ2) is 7.47. The number of nitrogens with one attached hydrogen (secondary N) is 1. The summed E-state index contributed by atoms with van der Waals surface area (Å²) in [6, 6.07) is 0.473. The molecule has 0 aromatic heterocycles. The van der Waals surface area contributed by atoms with Crippen LogP contribution in [0.25, 0.3) is 0 Å². The molecule has 1 aliphatic rings. The molecule has 0 aromatic carbocycles. The van der Waals surface area contributed by atoms with Crippen LogP contribution in [0, 0.1) is 0 Å². The lowest BCUT2D eigenvalue weighted by atomic mass is 10.2. The zero-order chi connectivity index (χ0) is 15.3. The number of hydrogen-bond donors (Lipinski definition) is 2. The molecule has 0 saturated heterocycles. The van der Waals surface area contributed by atoms with Gasteiger partial charge < -0.3 is 15.3 Å². The first kappa shape index (κ1) is 16.8. The molecular formula is C14H27N3O3. The van der Waals surface area contributed by atoms with Gasteiger partial charge in [-0.1, -0.05) is 0 Å². The number of aliphatic carboxylic acids is 1. The van der Waals surface area contributed by atoms with E-state index in [2.05, 4.69) is 24.2 Å². The molecule has 20 heavy (non-hydrogen) atoms. The van der Waals surface area contributed by atoms with Gasteiger partial charge in [-0.25, -0.2) is 4.79 Å². The van der Waals surface area contributed by atoms with Crippen LogP contribution in [0.2, 0.25) is 0 Å². The van der Waals surface area contributed by atoms with Gasteiger partial charge in [-0.05, 0) is 40.7 Å². The maximum atomic E-state index is 12.1. The Bertz CT molecular complexity index is 345. The maximum Gasteiger partial charge on any atom is 0.317 e. The lowest BCUT2D eigenvalue weighted by Gasteiger charge is -2.29. The molecular weight excluding hydrogens is 258 g/mol. The highest BCUT2D eigenvalue weighted by Gasteiger charge is 2.29. The Labute approximate surface area is 121 Å². The number of urea groups is 1. The van der Waals surface area contributed by atoms with Crippen LogP contribution in [-0.4, -0.2) is 65.2 Å². The topological polar surface area (TPSA) is 72.9 Å². The second-order valence-corrected chi connectivity index (χ2v) is 5.66. The van der Waals surface area contributed by atoms with Crippen LogP contribution >= 0.6 is 0 Å². The van der Waals surface area contributed by atoms with Gasteiger partial charge in [-0.3, -0.25) is 9.69 Å². The summed E-state index contributed by atoms with van der Waals surface area (Å²) >= 11 is 0. The first-order chi connectivity index (χ1) is 9.36. The van der Waals surface area contributed by atoms with Crippen molar-refractivity contribution >= 4 is 12.0 Å². The summed E-state index contributed by atoms with van der Waals surface area (Å²) in [5, 5.41) is 11.7. The zero-order valence-electron chi connectivity index (χ0n) is 12.9. The largest absolute Gasteiger partial charge is 0.481 e. The van der Waals surface area contributed by atoms with E-state index >= 15 is 0 Å². The predicted molar refractivity (Wildman–Crippen MR) is 77.7 cm³/mol. The minimum Gasteiger partial charge on any atom is -0.481 e. The number of carboxylic acid groups (broad SMARTS) is 1. The van der Waals surface area contributed by atoms with Crippen molar-refractivity contribution in [3.05, 3.63) is 0 Å². The smallest absolute Gasteiger partial charge is 0.317 e. The Hall–Kier alpha value is -1.30. The van der Waals surface area contributed by atoms with Crippen molar-refractivity contribution < 1.29 is 14.7 Å². The Morgan fingerprint density at radius 1 is 1.30 bits per heavy atom. The fraction of sp³-hybridized carbons (Fsp3) is 0.857. The number of rotatable bonds is 8. The van der Waals surface area contributed by atoms with Crippen LogP contribution in [-0.2, 0) is 4.79 Å². The van der Waals surface area contributed by atoms with E-state index < -0.39 is 5.97 Å². The molecule has 1 fully saturated rings. The summed E-state index contributed by atoms with van der Waals surface area (Å²) < 4.78 is 0. The van der Waals surface area contributed by atoms with E-state index in [1.54, 1.807) is 11.8 Å². The zero-order valence-corrected chi connectivity index (χ0v) is 12.9. The number of carbonyl (C=O) groups is 2. The molecule has 0 bridgehead atoms. The van der Waals surface area contributed by atoms with E-state index in [-0.39, 0.29) is 18.5 Å². The predicted octanol–water partition coefficient (Wildman–Crippen LogP) is 1.36. The van der Waals surface area contributed by atoms with Gasteiger partial charge in [0.25, 0.3) is 0 Å². The molecule has 2 unspecified atom stereocenters. The summed E-state index contributed by atoms with van der Waals surface area (Å²) in [4.78, 5) is 26.7. The molecule has 0 aliphatic heterocycles. The van der Waals surface area contributed by atoms with Gasteiger partial charge in [0.1, 0.15) is 0 Å². The number of amides is 2. The van der Waals surface area contributed by atoms with Crippen molar-refractivity contribution in [2.75, 3.05) is 20.1 Å². The number of carbonyl (C=O) groups excluding carboxylic acids is 1. The maximum absolute atomic E-state index is 12.1. The average molecular weight is 285 g/mol. The molecule has 2 amide bonds. The van der Waals surface area contributed by atoms with Crippen LogP contribution in [0.4, 0.5) is 4.79 Å². The molecule has 2 atom stereocenters. The molecule has 1 aliphatic carbocycles. The summed E-state index contributed by atoms with van der Waals surface area (Å²) in [6.45, 7) is 6.81. The fourth-order valence-electron chi connectivity index (χ4n) is 2.34. The highest BCUT2D eigenvalue weighted by Crippen LogP contribution is 2.26. The van der Waals surface area contributed by atoms with E-state index in [1.165, 1.54) is 12.8 Å². The van der Waals surface area contributed by atoms with Crippen molar-refractivity contribution in [2.24, 2.45) is 0 Å². The van der Waals surface area contributed by atoms with E-state index in [4.69, 9.17) is 5.11 Å². The highest BCUT2D eigenvalue weighted by molar-refractivity contribution is 5.75. The molecule has 6 heteroatoms. The monoisotopic (exact) mass is 285 g/mol. The van der Waals surface area contributed by atoms with Crippen LogP contribution < -0.4 is 5.32 Å². The number of nitrogens with zero attached hydrogens (tertiary/aromatic N) is 2. The van der Waals surface area contributed by atoms with Crippen molar-refractivity contribution in [2.45, 2.75) is 58.2 Å². The summed E-state index contributed by atoms with van der Waals surface area (Å²) in [5.74, 6) is -0.884. The standard InChI is InChI=1S/C14H27N3O3/c1-5-17(10(2)8-13(18)19)14(20)15-9-11(3)16(4)12-6-7-12/h10-12H,5-9H2,1-4H3,(H,15,20)(H,18,19). The quantitative estimate of drug-likeness (QED) is 0.706. The fourth-order valence-corrected chi connectivity index (χ4v) is 2.34. The third-order valence-electron chi connectivity index (χ3n) is 3.97. The van der Waals surface area contributed by atoms with E-state index in [0.29, 0.717) is 25.2 Å². The van der Waals surface area contributed by atoms with Crippen molar-refractivity contribution in [3.63, 3.8) is 0 Å². The van der Waals surface area contributed by atoms with Crippen LogP contribution in [0.1, 0.15) is 40.0 Å². The molecule has 0 radical (unpaired) electrons. The Balaban J connectivity index is 2.40. The van der Waals surface area contributed by atoms with Gasteiger partial charge in [0, 0.05) is 31.2 Å². The third-order valence-corrected chi connectivity index (χ3v) is 3.97. The normalized spacial score (nSPS) is 17.6. The van der Waals surface area contributed by atoms with Crippen molar-refractivity contribution in [3.8, 4) is 0 Å². The number of likely N-dealkylation sites (N-methyl/N-ethyl adjacent to an activating group) is 1. The van der Waals surface area contributed by atoms with Gasteiger partial charge in [-0.2, -0.15) is 0 Å². The minimum absolute atomic E-state index is 0.0290. The Morgan fingerprint density at radius 2 is 1.90 bits per heavy atom. The average Bonchev–Trinajstić information content (AvgIpc) is 3.19. The van der Waals surface area contributed by atoms with Gasteiger partial charge in [0.15, 0.2) is 0 Å². The van der Waals surface area contributed by atoms with Crippen LogP contribution in [0.5, 0.6) is 0 Å². The summed E-state index contributed by atoms with van der Waals surface area (Å²) in [6.07, 6.45) is 2.45. The highest BCUT2D eigenvalue weighted by atomic mass is 16.4. The van der Waals surface area contributed by atoms with Gasteiger partial charge in [-0.15, -0.1) is 0 Å². The molecule has 0 heterocycles. The number of carboxylic acids is 1. The minimum atomic E-state index is -0.884. The first-order valence-corrected chi connectivity index (χ1v) is 7.35. The Kier molecular flexibility index (Phi) is 6.26. The van der Waals surface area contributed by atoms with Crippen molar-refractivity contribution in [1.29, 1.82) is 0 Å². The second-order valence-electron chi connectivity index (χ2n) is 5.66. The van der Waals surface area contributed by atoms with E-state index in [9.17, 15) is 9.59 Å². The summed E-state index contributed by atoms with van der Waals surface area (Å²) in [7, 11) is 2.08. The molecule has 1 saturated carbocycles. The molecule has 2 N–H and O–H groups in total. The number of hydrogen-bond acceptors (Lipinski definition) is 3. The molecule has 0 aromatic rings. The molecule has 1 rings (SSSR count). The van der Waals surface area contributed by atoms with E-state index in [0.717, 1.165) is 0 Å². The van der Waals surface area contributed by atoms with Gasteiger partial charge in [0.2, 0.25) is 0 Å². The molecule has 6 nitrogen and oxygen atoms in total. The van der Waals surface area contributed by atoms with Gasteiger partial charge >= 0.3 is 12.0 Å².